The number of anilines is 1. The fraction of sp³-hybridized carbons (Fsp3) is 0.522. The summed E-state index contributed by atoms with van der Waals surface area (Å²) in [6.07, 6.45) is 5.58. The number of nitrogens with one attached hydrogen (secondary N) is 1. The maximum Gasteiger partial charge on any atom is 0.291 e. The van der Waals surface area contributed by atoms with Gasteiger partial charge in [0, 0.05) is 25.3 Å². The molecule has 0 atom stereocenters. The van der Waals surface area contributed by atoms with Gasteiger partial charge in [-0.05, 0) is 56.2 Å². The zero-order valence-corrected chi connectivity index (χ0v) is 17.8. The highest BCUT2D eigenvalue weighted by Crippen LogP contribution is 2.23. The molecule has 6 nitrogen and oxygen atoms in total. The van der Waals surface area contributed by atoms with Crippen molar-refractivity contribution in [2.75, 3.05) is 18.4 Å². The van der Waals surface area contributed by atoms with Crippen molar-refractivity contribution >= 4 is 17.5 Å². The number of carbonyl (C=O) groups excluding carboxylic acids is 2. The third-order valence-electron chi connectivity index (χ3n) is 5.42. The smallest absolute Gasteiger partial charge is 0.291 e. The van der Waals surface area contributed by atoms with Crippen LogP contribution in [0, 0.1) is 0 Å². The summed E-state index contributed by atoms with van der Waals surface area (Å²) >= 11 is 0. The molecule has 0 unspecified atom stereocenters. The molecule has 1 aromatic heterocycles. The second-order valence-electron chi connectivity index (χ2n) is 7.64. The fourth-order valence-corrected chi connectivity index (χ4v) is 3.90. The first-order chi connectivity index (χ1) is 14.1. The first-order valence-electron chi connectivity index (χ1n) is 10.9. The van der Waals surface area contributed by atoms with Crippen LogP contribution in [-0.4, -0.2) is 39.4 Å². The Hall–Kier alpha value is -2.63. The molecule has 6 heteroatoms. The van der Waals surface area contributed by atoms with Crippen LogP contribution in [0.3, 0.4) is 0 Å². The minimum Gasteiger partial charge on any atom is -0.337 e. The van der Waals surface area contributed by atoms with Gasteiger partial charge < -0.3 is 14.8 Å². The Morgan fingerprint density at radius 3 is 2.38 bits per heavy atom. The number of amides is 2. The summed E-state index contributed by atoms with van der Waals surface area (Å²) in [7, 11) is 0. The average molecular weight is 397 g/mol. The monoisotopic (exact) mass is 396 g/mol. The molecule has 29 heavy (non-hydrogen) atoms. The fourth-order valence-electron chi connectivity index (χ4n) is 3.90. The number of rotatable bonds is 8. The number of imidazole rings is 1. The van der Waals surface area contributed by atoms with E-state index in [9.17, 15) is 9.59 Å². The molecular weight excluding hydrogens is 364 g/mol. The molecular formula is C23H32N4O2. The summed E-state index contributed by atoms with van der Waals surface area (Å²) in [6, 6.07) is 7.85. The number of fused-ring (bicyclic) bond motifs is 1. The second-order valence-corrected chi connectivity index (χ2v) is 7.64. The van der Waals surface area contributed by atoms with Crippen molar-refractivity contribution in [2.24, 2.45) is 0 Å². The quantitative estimate of drug-likeness (QED) is 0.723. The van der Waals surface area contributed by atoms with E-state index >= 15 is 0 Å². The number of aromatic nitrogens is 2. The highest BCUT2D eigenvalue weighted by atomic mass is 16.2. The molecule has 0 saturated carbocycles. The average Bonchev–Trinajstić information content (AvgIpc) is 3.13. The van der Waals surface area contributed by atoms with Gasteiger partial charge in [0.1, 0.15) is 5.69 Å². The molecule has 0 bridgehead atoms. The van der Waals surface area contributed by atoms with Crippen LogP contribution < -0.4 is 5.32 Å². The molecule has 0 saturated heterocycles. The van der Waals surface area contributed by atoms with Gasteiger partial charge in [0.15, 0.2) is 5.82 Å². The van der Waals surface area contributed by atoms with Gasteiger partial charge in [-0.25, -0.2) is 4.98 Å². The Labute approximate surface area is 173 Å². The van der Waals surface area contributed by atoms with Gasteiger partial charge in [-0.2, -0.15) is 0 Å². The van der Waals surface area contributed by atoms with Crippen LogP contribution in [-0.2, 0) is 19.4 Å². The lowest BCUT2D eigenvalue weighted by molar-refractivity contribution is 0.0748. The van der Waals surface area contributed by atoms with Gasteiger partial charge in [0.2, 0.25) is 0 Å². The molecule has 0 radical (unpaired) electrons. The molecule has 0 fully saturated rings. The Balaban J connectivity index is 1.88. The van der Waals surface area contributed by atoms with Crippen molar-refractivity contribution in [1.29, 1.82) is 0 Å². The normalized spacial score (nSPS) is 13.1. The standard InChI is InChI=1S/C23H32N4O2/c1-4-14-26(15-5-2)23(29)20-19-9-7-8-16-27(19)21(25-20)22(28)24-18-12-10-17(6-3)11-13-18/h10-13H,4-9,14-16H2,1-3H3,(H,24,28). The van der Waals surface area contributed by atoms with Crippen LogP contribution in [0.25, 0.3) is 0 Å². The highest BCUT2D eigenvalue weighted by molar-refractivity contribution is 6.03. The van der Waals surface area contributed by atoms with Crippen molar-refractivity contribution in [3.05, 3.63) is 47.0 Å². The van der Waals surface area contributed by atoms with E-state index in [-0.39, 0.29) is 11.8 Å². The van der Waals surface area contributed by atoms with Crippen molar-refractivity contribution < 1.29 is 9.59 Å². The number of carbonyl (C=O) groups is 2. The van der Waals surface area contributed by atoms with E-state index in [1.54, 1.807) is 0 Å². The molecule has 1 aromatic carbocycles. The Bertz CT molecular complexity index is 849. The van der Waals surface area contributed by atoms with Gasteiger partial charge >= 0.3 is 0 Å². The van der Waals surface area contributed by atoms with E-state index in [0.29, 0.717) is 24.6 Å². The van der Waals surface area contributed by atoms with Gasteiger partial charge in [0.05, 0.1) is 5.69 Å². The third kappa shape index (κ3) is 4.69. The molecule has 2 amide bonds. The Kier molecular flexibility index (Phi) is 7.07. The van der Waals surface area contributed by atoms with E-state index in [1.165, 1.54) is 5.56 Å². The predicted molar refractivity (Wildman–Crippen MR) is 115 cm³/mol. The van der Waals surface area contributed by atoms with Gasteiger partial charge in [-0.15, -0.1) is 0 Å². The molecule has 1 aliphatic heterocycles. The third-order valence-corrected chi connectivity index (χ3v) is 5.42. The van der Waals surface area contributed by atoms with E-state index < -0.39 is 0 Å². The SMILES string of the molecule is CCCN(CCC)C(=O)c1nc(C(=O)Nc2ccc(CC)cc2)n2c1CCCC2. The number of benzene rings is 1. The second kappa shape index (κ2) is 9.72. The minimum absolute atomic E-state index is 0.0503. The molecule has 2 heterocycles. The van der Waals surface area contributed by atoms with Crippen LogP contribution in [0.15, 0.2) is 24.3 Å². The number of nitrogens with zero attached hydrogens (tertiary/aromatic N) is 3. The molecule has 1 aliphatic rings. The lowest BCUT2D eigenvalue weighted by Crippen LogP contribution is -2.33. The lowest BCUT2D eigenvalue weighted by Gasteiger charge is -2.22. The van der Waals surface area contributed by atoms with Crippen LogP contribution in [0.1, 0.15) is 78.8 Å². The summed E-state index contributed by atoms with van der Waals surface area (Å²) in [6.45, 7) is 8.40. The maximum absolute atomic E-state index is 13.2. The molecule has 156 valence electrons. The van der Waals surface area contributed by atoms with Crippen LogP contribution in [0.5, 0.6) is 0 Å². The molecule has 3 rings (SSSR count). The summed E-state index contributed by atoms with van der Waals surface area (Å²) in [5, 5.41) is 2.94. The first-order valence-corrected chi connectivity index (χ1v) is 10.9. The van der Waals surface area contributed by atoms with Crippen molar-refractivity contribution in [1.82, 2.24) is 14.5 Å². The molecule has 0 spiro atoms. The summed E-state index contributed by atoms with van der Waals surface area (Å²) in [4.78, 5) is 32.6. The van der Waals surface area contributed by atoms with E-state index in [1.807, 2.05) is 33.7 Å². The molecule has 0 aliphatic carbocycles. The number of hydrogen-bond donors (Lipinski definition) is 1. The molecule has 2 aromatic rings. The topological polar surface area (TPSA) is 67.2 Å². The van der Waals surface area contributed by atoms with Crippen LogP contribution >= 0.6 is 0 Å². The molecule has 1 N–H and O–H groups in total. The largest absolute Gasteiger partial charge is 0.337 e. The summed E-state index contributed by atoms with van der Waals surface area (Å²) in [5.41, 5.74) is 3.33. The zero-order valence-electron chi connectivity index (χ0n) is 17.8. The Morgan fingerprint density at radius 2 is 1.76 bits per heavy atom. The maximum atomic E-state index is 13.2. The van der Waals surface area contributed by atoms with Gasteiger partial charge in [-0.1, -0.05) is 32.9 Å². The minimum atomic E-state index is -0.256. The van der Waals surface area contributed by atoms with Crippen molar-refractivity contribution in [2.45, 2.75) is 65.8 Å². The van der Waals surface area contributed by atoms with Crippen molar-refractivity contribution in [3.63, 3.8) is 0 Å². The highest BCUT2D eigenvalue weighted by Gasteiger charge is 2.29. The number of aryl methyl sites for hydroxylation is 1. The Morgan fingerprint density at radius 1 is 1.07 bits per heavy atom. The van der Waals surface area contributed by atoms with E-state index in [4.69, 9.17) is 0 Å². The van der Waals surface area contributed by atoms with E-state index in [0.717, 1.165) is 56.5 Å². The van der Waals surface area contributed by atoms with Crippen molar-refractivity contribution in [3.8, 4) is 0 Å². The predicted octanol–water partition coefficient (Wildman–Crippen LogP) is 4.30. The number of hydrogen-bond acceptors (Lipinski definition) is 3. The van der Waals surface area contributed by atoms with Crippen LogP contribution in [0.2, 0.25) is 0 Å². The van der Waals surface area contributed by atoms with Gasteiger partial charge in [-0.3, -0.25) is 9.59 Å². The summed E-state index contributed by atoms with van der Waals surface area (Å²) < 4.78 is 1.95. The summed E-state index contributed by atoms with van der Waals surface area (Å²) in [5.74, 6) is 0.0373. The van der Waals surface area contributed by atoms with E-state index in [2.05, 4.69) is 31.1 Å². The lowest BCUT2D eigenvalue weighted by atomic mass is 10.1. The van der Waals surface area contributed by atoms with Crippen LogP contribution in [0.4, 0.5) is 5.69 Å². The van der Waals surface area contributed by atoms with Gasteiger partial charge in [0.25, 0.3) is 11.8 Å². The first kappa shape index (κ1) is 21.1. The zero-order chi connectivity index (χ0) is 20.8.